The van der Waals surface area contributed by atoms with E-state index in [1.807, 2.05) is 17.9 Å². The van der Waals surface area contributed by atoms with Gasteiger partial charge in [0, 0.05) is 37.3 Å². The highest BCUT2D eigenvalue weighted by molar-refractivity contribution is 5.66. The van der Waals surface area contributed by atoms with Gasteiger partial charge in [-0.2, -0.15) is 5.10 Å². The second-order valence-electron chi connectivity index (χ2n) is 5.94. The van der Waals surface area contributed by atoms with Crippen molar-refractivity contribution in [2.45, 2.75) is 46.1 Å². The van der Waals surface area contributed by atoms with E-state index in [1.54, 1.807) is 0 Å². The van der Waals surface area contributed by atoms with Crippen molar-refractivity contribution in [1.29, 1.82) is 0 Å². The monoisotopic (exact) mass is 267 g/mol. The fourth-order valence-corrected chi connectivity index (χ4v) is 2.13. The summed E-state index contributed by atoms with van der Waals surface area (Å²) < 4.78 is 1.83. The van der Waals surface area contributed by atoms with Crippen LogP contribution in [-0.4, -0.2) is 38.8 Å². The zero-order valence-electron chi connectivity index (χ0n) is 12.6. The lowest BCUT2D eigenvalue weighted by atomic mass is 9.89. The van der Waals surface area contributed by atoms with Crippen LogP contribution in [0.25, 0.3) is 0 Å². The van der Waals surface area contributed by atoms with Gasteiger partial charge in [0.05, 0.1) is 12.1 Å². The fraction of sp³-hybridized carbons (Fsp3) is 0.714. The van der Waals surface area contributed by atoms with Gasteiger partial charge < -0.3 is 5.11 Å². The molecule has 0 spiro atoms. The molecule has 1 aromatic heterocycles. The summed E-state index contributed by atoms with van der Waals surface area (Å²) in [5.74, 6) is -0.749. The first-order valence-electron chi connectivity index (χ1n) is 6.71. The van der Waals surface area contributed by atoms with Gasteiger partial charge in [0.25, 0.3) is 0 Å². The van der Waals surface area contributed by atoms with Gasteiger partial charge in [-0.15, -0.1) is 0 Å². The maximum absolute atomic E-state index is 10.7. The fourth-order valence-electron chi connectivity index (χ4n) is 2.13. The second kappa shape index (κ2) is 6.19. The van der Waals surface area contributed by atoms with Crippen molar-refractivity contribution in [2.75, 3.05) is 13.1 Å². The molecule has 0 radical (unpaired) electrons. The lowest BCUT2D eigenvalue weighted by Gasteiger charge is -2.22. The lowest BCUT2D eigenvalue weighted by molar-refractivity contribution is -0.137. The van der Waals surface area contributed by atoms with Crippen LogP contribution in [0.15, 0.2) is 6.20 Å². The van der Waals surface area contributed by atoms with E-state index in [2.05, 4.69) is 37.7 Å². The standard InChI is InChI=1S/C14H25N3O2/c1-6-17(8-7-12(18)19)10-11-9-16(5)15-13(11)14(2,3)4/h9H,6-8,10H2,1-5H3,(H,18,19). The average Bonchev–Trinajstić information content (AvgIpc) is 2.65. The summed E-state index contributed by atoms with van der Waals surface area (Å²) in [6.45, 7) is 10.7. The lowest BCUT2D eigenvalue weighted by Crippen LogP contribution is -2.27. The SMILES string of the molecule is CCN(CCC(=O)O)Cc1cn(C)nc1C(C)(C)C. The Bertz CT molecular complexity index is 432. The molecule has 1 N–H and O–H groups in total. The molecule has 0 aliphatic heterocycles. The van der Waals surface area contributed by atoms with Gasteiger partial charge >= 0.3 is 5.97 Å². The first-order valence-corrected chi connectivity index (χ1v) is 6.71. The van der Waals surface area contributed by atoms with Crippen LogP contribution in [0.5, 0.6) is 0 Å². The van der Waals surface area contributed by atoms with E-state index >= 15 is 0 Å². The molecule has 5 nitrogen and oxygen atoms in total. The first kappa shape index (κ1) is 15.7. The number of nitrogens with zero attached hydrogens (tertiary/aromatic N) is 3. The Morgan fingerprint density at radius 3 is 2.58 bits per heavy atom. The van der Waals surface area contributed by atoms with Gasteiger partial charge in [0.2, 0.25) is 0 Å². The minimum Gasteiger partial charge on any atom is -0.481 e. The van der Waals surface area contributed by atoms with Crippen LogP contribution in [-0.2, 0) is 23.8 Å². The van der Waals surface area contributed by atoms with Crippen molar-refractivity contribution >= 4 is 5.97 Å². The maximum atomic E-state index is 10.7. The molecule has 0 bridgehead atoms. The topological polar surface area (TPSA) is 58.4 Å². The van der Waals surface area contributed by atoms with Crippen LogP contribution in [0.2, 0.25) is 0 Å². The van der Waals surface area contributed by atoms with Crippen molar-refractivity contribution in [3.05, 3.63) is 17.5 Å². The minimum absolute atomic E-state index is 0.00278. The van der Waals surface area contributed by atoms with Crippen molar-refractivity contribution in [3.63, 3.8) is 0 Å². The van der Waals surface area contributed by atoms with Crippen molar-refractivity contribution in [2.24, 2.45) is 7.05 Å². The van der Waals surface area contributed by atoms with E-state index in [-0.39, 0.29) is 11.8 Å². The second-order valence-corrected chi connectivity index (χ2v) is 5.94. The van der Waals surface area contributed by atoms with E-state index in [0.29, 0.717) is 6.54 Å². The van der Waals surface area contributed by atoms with E-state index < -0.39 is 5.97 Å². The van der Waals surface area contributed by atoms with Crippen molar-refractivity contribution in [1.82, 2.24) is 14.7 Å². The Morgan fingerprint density at radius 2 is 2.11 bits per heavy atom. The quantitative estimate of drug-likeness (QED) is 0.856. The summed E-state index contributed by atoms with van der Waals surface area (Å²) in [5, 5.41) is 13.3. The molecule has 0 amide bonds. The molecule has 0 saturated carbocycles. The van der Waals surface area contributed by atoms with Crippen LogP contribution in [0.4, 0.5) is 0 Å². The Morgan fingerprint density at radius 1 is 1.47 bits per heavy atom. The van der Waals surface area contributed by atoms with Crippen LogP contribution < -0.4 is 0 Å². The summed E-state index contributed by atoms with van der Waals surface area (Å²) in [7, 11) is 1.92. The van der Waals surface area contributed by atoms with E-state index in [9.17, 15) is 4.79 Å². The number of rotatable bonds is 6. The number of hydrogen-bond donors (Lipinski definition) is 1. The molecular formula is C14H25N3O2. The van der Waals surface area contributed by atoms with E-state index in [1.165, 1.54) is 5.56 Å². The summed E-state index contributed by atoms with van der Waals surface area (Å²) in [5.41, 5.74) is 2.27. The number of aliphatic carboxylic acids is 1. The molecule has 19 heavy (non-hydrogen) atoms. The molecule has 1 heterocycles. The van der Waals surface area contributed by atoms with Gasteiger partial charge in [-0.3, -0.25) is 14.4 Å². The van der Waals surface area contributed by atoms with Gasteiger partial charge in [0.15, 0.2) is 0 Å². The summed E-state index contributed by atoms with van der Waals surface area (Å²) in [4.78, 5) is 12.8. The van der Waals surface area contributed by atoms with Gasteiger partial charge in [-0.1, -0.05) is 27.7 Å². The Hall–Kier alpha value is -1.36. The van der Waals surface area contributed by atoms with E-state index in [0.717, 1.165) is 18.8 Å². The predicted molar refractivity (Wildman–Crippen MR) is 75.1 cm³/mol. The van der Waals surface area contributed by atoms with Gasteiger partial charge in [0.1, 0.15) is 0 Å². The molecule has 0 aliphatic rings. The molecule has 108 valence electrons. The van der Waals surface area contributed by atoms with Crippen molar-refractivity contribution in [3.8, 4) is 0 Å². The van der Waals surface area contributed by atoms with Crippen molar-refractivity contribution < 1.29 is 9.90 Å². The smallest absolute Gasteiger partial charge is 0.304 e. The number of carboxylic acids is 1. The normalized spacial score (nSPS) is 12.1. The molecule has 5 heteroatoms. The minimum atomic E-state index is -0.749. The van der Waals surface area contributed by atoms with E-state index in [4.69, 9.17) is 5.11 Å². The summed E-state index contributed by atoms with van der Waals surface area (Å²) in [6.07, 6.45) is 2.21. The molecule has 0 aromatic carbocycles. The predicted octanol–water partition coefficient (Wildman–Crippen LogP) is 2.01. The number of aromatic nitrogens is 2. The molecule has 1 aromatic rings. The maximum Gasteiger partial charge on any atom is 0.304 e. The third kappa shape index (κ3) is 4.67. The molecule has 0 atom stereocenters. The third-order valence-corrected chi connectivity index (χ3v) is 3.10. The zero-order chi connectivity index (χ0) is 14.6. The summed E-state index contributed by atoms with van der Waals surface area (Å²) in [6, 6.07) is 0. The zero-order valence-corrected chi connectivity index (χ0v) is 12.6. The summed E-state index contributed by atoms with van der Waals surface area (Å²) >= 11 is 0. The number of hydrogen-bond acceptors (Lipinski definition) is 3. The Kier molecular flexibility index (Phi) is 5.11. The average molecular weight is 267 g/mol. The highest BCUT2D eigenvalue weighted by Crippen LogP contribution is 2.25. The molecule has 0 saturated heterocycles. The first-order chi connectivity index (χ1) is 8.74. The van der Waals surface area contributed by atoms with Gasteiger partial charge in [-0.05, 0) is 6.54 Å². The van der Waals surface area contributed by atoms with Gasteiger partial charge in [-0.25, -0.2) is 0 Å². The van der Waals surface area contributed by atoms with Crippen LogP contribution in [0.3, 0.4) is 0 Å². The number of carbonyl (C=O) groups is 1. The van der Waals surface area contributed by atoms with Crippen LogP contribution >= 0.6 is 0 Å². The largest absolute Gasteiger partial charge is 0.481 e. The highest BCUT2D eigenvalue weighted by Gasteiger charge is 2.22. The Balaban J connectivity index is 2.82. The number of aryl methyl sites for hydroxylation is 1. The van der Waals surface area contributed by atoms with Crippen LogP contribution in [0.1, 0.15) is 45.4 Å². The van der Waals surface area contributed by atoms with Crippen LogP contribution in [0, 0.1) is 0 Å². The molecule has 0 unspecified atom stereocenters. The third-order valence-electron chi connectivity index (χ3n) is 3.10. The molecule has 0 fully saturated rings. The molecular weight excluding hydrogens is 242 g/mol. The molecule has 0 aliphatic carbocycles. The Labute approximate surface area is 115 Å². The molecule has 1 rings (SSSR count). The number of carboxylic acid groups (broad SMARTS) is 1. The highest BCUT2D eigenvalue weighted by atomic mass is 16.4.